The molecule has 3 rings (SSSR count). The molecule has 2 heterocycles. The maximum atomic E-state index is 12.2. The van der Waals surface area contributed by atoms with Gasteiger partial charge in [0, 0.05) is 5.56 Å². The van der Waals surface area contributed by atoms with Gasteiger partial charge in [-0.15, -0.1) is 5.10 Å². The van der Waals surface area contributed by atoms with E-state index >= 15 is 0 Å². The van der Waals surface area contributed by atoms with Gasteiger partial charge in [0.15, 0.2) is 17.6 Å². The molecule has 0 aliphatic carbocycles. The summed E-state index contributed by atoms with van der Waals surface area (Å²) >= 11 is 0. The molecule has 0 fully saturated rings. The van der Waals surface area contributed by atoms with Crippen LogP contribution in [0.1, 0.15) is 22.4 Å². The molecule has 0 saturated carbocycles. The van der Waals surface area contributed by atoms with Crippen LogP contribution in [0, 0.1) is 0 Å². The van der Waals surface area contributed by atoms with E-state index < -0.39 is 24.7 Å². The SMILES string of the molecule is O=C(c1ccccc1)c1ncn([C@@H]2OC(CO)=C(O)C2O)n1. The van der Waals surface area contributed by atoms with Gasteiger partial charge in [-0.1, -0.05) is 30.3 Å². The molecular formula is C14H13N3O5. The lowest BCUT2D eigenvalue weighted by molar-refractivity contribution is -0.0221. The van der Waals surface area contributed by atoms with Crippen LogP contribution >= 0.6 is 0 Å². The number of aliphatic hydroxyl groups is 3. The van der Waals surface area contributed by atoms with Gasteiger partial charge in [-0.2, -0.15) is 0 Å². The fourth-order valence-corrected chi connectivity index (χ4v) is 2.11. The highest BCUT2D eigenvalue weighted by atomic mass is 16.5. The van der Waals surface area contributed by atoms with Crippen molar-refractivity contribution in [1.82, 2.24) is 14.8 Å². The van der Waals surface area contributed by atoms with Crippen molar-refractivity contribution >= 4 is 5.78 Å². The van der Waals surface area contributed by atoms with Crippen LogP contribution in [0.2, 0.25) is 0 Å². The van der Waals surface area contributed by atoms with Crippen molar-refractivity contribution in [3.8, 4) is 0 Å². The van der Waals surface area contributed by atoms with Crippen molar-refractivity contribution in [2.45, 2.75) is 12.3 Å². The number of hydrogen-bond acceptors (Lipinski definition) is 7. The molecule has 0 bridgehead atoms. The Labute approximate surface area is 124 Å². The third-order valence-electron chi connectivity index (χ3n) is 3.25. The molecule has 114 valence electrons. The number of benzene rings is 1. The van der Waals surface area contributed by atoms with Gasteiger partial charge in [-0.3, -0.25) is 4.79 Å². The van der Waals surface area contributed by atoms with E-state index in [4.69, 9.17) is 9.84 Å². The normalized spacial score (nSPS) is 21.0. The number of ether oxygens (including phenoxy) is 1. The van der Waals surface area contributed by atoms with Gasteiger partial charge in [-0.05, 0) is 0 Å². The molecule has 0 saturated heterocycles. The molecule has 0 spiro atoms. The first-order chi connectivity index (χ1) is 10.6. The Morgan fingerprint density at radius 2 is 2.05 bits per heavy atom. The number of hydrogen-bond donors (Lipinski definition) is 3. The lowest BCUT2D eigenvalue weighted by atomic mass is 10.1. The van der Waals surface area contributed by atoms with E-state index in [0.29, 0.717) is 5.56 Å². The maximum Gasteiger partial charge on any atom is 0.232 e. The minimum absolute atomic E-state index is 0.0565. The second-order valence-corrected chi connectivity index (χ2v) is 4.66. The summed E-state index contributed by atoms with van der Waals surface area (Å²) in [7, 11) is 0. The van der Waals surface area contributed by atoms with E-state index in [-0.39, 0.29) is 17.4 Å². The van der Waals surface area contributed by atoms with Gasteiger partial charge < -0.3 is 20.1 Å². The van der Waals surface area contributed by atoms with E-state index in [0.717, 1.165) is 4.68 Å². The molecule has 2 aromatic rings. The highest BCUT2D eigenvalue weighted by Gasteiger charge is 2.37. The highest BCUT2D eigenvalue weighted by molar-refractivity contribution is 6.06. The van der Waals surface area contributed by atoms with Crippen molar-refractivity contribution < 1.29 is 24.9 Å². The third kappa shape index (κ3) is 2.34. The number of carbonyl (C=O) groups excluding carboxylic acids is 1. The second-order valence-electron chi connectivity index (χ2n) is 4.66. The number of ketones is 1. The zero-order valence-corrected chi connectivity index (χ0v) is 11.3. The lowest BCUT2D eigenvalue weighted by Crippen LogP contribution is -2.23. The van der Waals surface area contributed by atoms with Gasteiger partial charge in [0.2, 0.25) is 17.8 Å². The lowest BCUT2D eigenvalue weighted by Gasteiger charge is -2.14. The monoisotopic (exact) mass is 303 g/mol. The summed E-state index contributed by atoms with van der Waals surface area (Å²) in [6, 6.07) is 8.52. The maximum absolute atomic E-state index is 12.2. The Bertz CT molecular complexity index is 725. The smallest absolute Gasteiger partial charge is 0.232 e. The predicted molar refractivity (Wildman–Crippen MR) is 72.8 cm³/mol. The molecule has 1 aromatic carbocycles. The van der Waals surface area contributed by atoms with Gasteiger partial charge in [0.25, 0.3) is 0 Å². The van der Waals surface area contributed by atoms with Crippen molar-refractivity contribution in [3.63, 3.8) is 0 Å². The molecule has 8 nitrogen and oxygen atoms in total. The highest BCUT2D eigenvalue weighted by Crippen LogP contribution is 2.30. The van der Waals surface area contributed by atoms with Crippen LogP contribution in [0.3, 0.4) is 0 Å². The van der Waals surface area contributed by atoms with Gasteiger partial charge in [0.1, 0.15) is 12.9 Å². The molecule has 1 unspecified atom stereocenters. The van der Waals surface area contributed by atoms with Crippen molar-refractivity contribution in [2.75, 3.05) is 6.61 Å². The summed E-state index contributed by atoms with van der Waals surface area (Å²) in [6.45, 7) is -0.552. The molecule has 3 N–H and O–H groups in total. The number of rotatable bonds is 4. The van der Waals surface area contributed by atoms with Crippen LogP contribution in [0.15, 0.2) is 48.2 Å². The van der Waals surface area contributed by atoms with Gasteiger partial charge in [-0.25, -0.2) is 9.67 Å². The summed E-state index contributed by atoms with van der Waals surface area (Å²) in [5.41, 5.74) is 0.435. The van der Waals surface area contributed by atoms with Crippen LogP contribution in [0.5, 0.6) is 0 Å². The van der Waals surface area contributed by atoms with E-state index in [2.05, 4.69) is 10.1 Å². The Morgan fingerprint density at radius 3 is 2.68 bits per heavy atom. The molecule has 2 atom stereocenters. The summed E-state index contributed by atoms with van der Waals surface area (Å²) in [5, 5.41) is 32.4. The summed E-state index contributed by atoms with van der Waals surface area (Å²) < 4.78 is 6.32. The largest absolute Gasteiger partial charge is 0.506 e. The molecule has 0 radical (unpaired) electrons. The molecular weight excluding hydrogens is 290 g/mol. The number of carbonyl (C=O) groups is 1. The molecule has 22 heavy (non-hydrogen) atoms. The van der Waals surface area contributed by atoms with E-state index in [1.165, 1.54) is 6.33 Å². The Morgan fingerprint density at radius 1 is 1.32 bits per heavy atom. The molecule has 1 aromatic heterocycles. The third-order valence-corrected chi connectivity index (χ3v) is 3.25. The van der Waals surface area contributed by atoms with Gasteiger partial charge >= 0.3 is 0 Å². The first-order valence-corrected chi connectivity index (χ1v) is 6.50. The standard InChI is InChI=1S/C14H13N3O5/c18-6-9-11(20)12(21)14(22-9)17-7-15-13(16-17)10(19)8-4-2-1-3-5-8/h1-5,7,12,14,18,20-21H,6H2/t12?,14-/m1/s1. The molecule has 1 aliphatic rings. The number of nitrogens with zero attached hydrogens (tertiary/aromatic N) is 3. The fourth-order valence-electron chi connectivity index (χ4n) is 2.11. The van der Waals surface area contributed by atoms with Crippen molar-refractivity contribution in [1.29, 1.82) is 0 Å². The van der Waals surface area contributed by atoms with Crippen molar-refractivity contribution in [2.24, 2.45) is 0 Å². The summed E-state index contributed by atoms with van der Waals surface area (Å²) in [6.07, 6.45) is -1.24. The van der Waals surface area contributed by atoms with E-state index in [1.54, 1.807) is 30.3 Å². The van der Waals surface area contributed by atoms with Crippen LogP contribution in [-0.4, -0.2) is 48.6 Å². The van der Waals surface area contributed by atoms with Gasteiger partial charge in [0.05, 0.1) is 0 Å². The zero-order chi connectivity index (χ0) is 15.7. The van der Waals surface area contributed by atoms with Crippen LogP contribution < -0.4 is 0 Å². The predicted octanol–water partition coefficient (Wildman–Crippen LogP) is 0.161. The quantitative estimate of drug-likeness (QED) is 0.689. The van der Waals surface area contributed by atoms with Crippen LogP contribution in [-0.2, 0) is 4.74 Å². The van der Waals surface area contributed by atoms with Crippen LogP contribution in [0.25, 0.3) is 0 Å². The summed E-state index contributed by atoms with van der Waals surface area (Å²) in [5.74, 6) is -1.02. The van der Waals surface area contributed by atoms with Crippen molar-refractivity contribution in [3.05, 3.63) is 59.6 Å². The summed E-state index contributed by atoms with van der Waals surface area (Å²) in [4.78, 5) is 16.1. The second kappa shape index (κ2) is 5.58. The molecule has 8 heteroatoms. The Balaban J connectivity index is 1.82. The minimum Gasteiger partial charge on any atom is -0.506 e. The average Bonchev–Trinajstić information content (AvgIpc) is 3.14. The molecule has 1 aliphatic heterocycles. The topological polar surface area (TPSA) is 118 Å². The van der Waals surface area contributed by atoms with E-state index in [9.17, 15) is 15.0 Å². The van der Waals surface area contributed by atoms with E-state index in [1.807, 2.05) is 0 Å². The fraction of sp³-hybridized carbons (Fsp3) is 0.214. The molecule has 0 amide bonds. The van der Waals surface area contributed by atoms with Crippen LogP contribution in [0.4, 0.5) is 0 Å². The number of aliphatic hydroxyl groups excluding tert-OH is 3. The first kappa shape index (κ1) is 14.2. The number of aromatic nitrogens is 3. The Kier molecular flexibility index (Phi) is 3.61. The minimum atomic E-state index is -1.39. The average molecular weight is 303 g/mol. The zero-order valence-electron chi connectivity index (χ0n) is 11.3. The first-order valence-electron chi connectivity index (χ1n) is 6.50. The Hall–Kier alpha value is -2.71.